The van der Waals surface area contributed by atoms with E-state index in [4.69, 9.17) is 4.52 Å². The SMILES string of the molecule is Cc1cc(-c2ncnc(Nc3ccn(C)n3)n2)ccc1CCC(=O)c1noc(C(C)(C)C)n1. The highest BCUT2D eigenvalue weighted by atomic mass is 16.5. The molecule has 0 atom stereocenters. The van der Waals surface area contributed by atoms with Gasteiger partial charge in [0.2, 0.25) is 23.4 Å². The summed E-state index contributed by atoms with van der Waals surface area (Å²) in [6.07, 6.45) is 4.17. The number of Topliss-reactive ketones (excluding diaryl/α,β-unsaturated/α-hetero) is 1. The summed E-state index contributed by atoms with van der Waals surface area (Å²) in [5.41, 5.74) is 2.68. The highest BCUT2D eigenvalue weighted by Crippen LogP contribution is 2.23. The average Bonchev–Trinajstić information content (AvgIpc) is 3.42. The number of benzene rings is 1. The van der Waals surface area contributed by atoms with Gasteiger partial charge >= 0.3 is 0 Å². The topological polar surface area (TPSA) is 125 Å². The average molecular weight is 447 g/mol. The van der Waals surface area contributed by atoms with Crippen LogP contribution in [0.2, 0.25) is 0 Å². The molecule has 3 heterocycles. The molecule has 4 aromatic rings. The molecule has 170 valence electrons. The van der Waals surface area contributed by atoms with Crippen molar-refractivity contribution in [2.75, 3.05) is 5.32 Å². The lowest BCUT2D eigenvalue weighted by Crippen LogP contribution is -2.12. The second kappa shape index (κ2) is 8.89. The number of aromatic nitrogens is 7. The van der Waals surface area contributed by atoms with Crippen molar-refractivity contribution in [3.63, 3.8) is 0 Å². The molecule has 1 N–H and O–H groups in total. The Bertz CT molecular complexity index is 1290. The van der Waals surface area contributed by atoms with Crippen LogP contribution in [0.1, 0.15) is 54.8 Å². The van der Waals surface area contributed by atoms with Gasteiger partial charge in [-0.05, 0) is 30.5 Å². The van der Waals surface area contributed by atoms with Gasteiger partial charge in [-0.15, -0.1) is 0 Å². The Labute approximate surface area is 191 Å². The molecule has 0 spiro atoms. The maximum Gasteiger partial charge on any atom is 0.238 e. The van der Waals surface area contributed by atoms with E-state index in [1.165, 1.54) is 6.33 Å². The van der Waals surface area contributed by atoms with Crippen molar-refractivity contribution in [2.45, 2.75) is 46.0 Å². The van der Waals surface area contributed by atoms with Crippen LogP contribution in [0.3, 0.4) is 0 Å². The lowest BCUT2D eigenvalue weighted by Gasteiger charge is -2.10. The first-order valence-electron chi connectivity index (χ1n) is 10.6. The van der Waals surface area contributed by atoms with E-state index in [1.807, 2.05) is 65.2 Å². The Morgan fingerprint density at radius 1 is 1.15 bits per heavy atom. The molecule has 4 rings (SSSR count). The molecule has 10 nitrogen and oxygen atoms in total. The van der Waals surface area contributed by atoms with Crippen molar-refractivity contribution in [3.8, 4) is 11.4 Å². The van der Waals surface area contributed by atoms with Crippen molar-refractivity contribution in [3.05, 3.63) is 59.6 Å². The normalized spacial score (nSPS) is 11.5. The van der Waals surface area contributed by atoms with Gasteiger partial charge in [-0.1, -0.05) is 38.1 Å². The van der Waals surface area contributed by atoms with Crippen molar-refractivity contribution >= 4 is 17.5 Å². The van der Waals surface area contributed by atoms with Crippen LogP contribution in [0.25, 0.3) is 11.4 Å². The monoisotopic (exact) mass is 446 g/mol. The van der Waals surface area contributed by atoms with Gasteiger partial charge in [-0.3, -0.25) is 9.48 Å². The smallest absolute Gasteiger partial charge is 0.238 e. The summed E-state index contributed by atoms with van der Waals surface area (Å²) in [5, 5.41) is 11.2. The number of hydrogen-bond donors (Lipinski definition) is 1. The number of rotatable bonds is 7. The van der Waals surface area contributed by atoms with E-state index in [0.717, 1.165) is 16.7 Å². The summed E-state index contributed by atoms with van der Waals surface area (Å²) in [7, 11) is 1.84. The van der Waals surface area contributed by atoms with Gasteiger partial charge in [-0.2, -0.15) is 15.1 Å². The van der Waals surface area contributed by atoms with Crippen LogP contribution in [-0.2, 0) is 18.9 Å². The Balaban J connectivity index is 1.43. The van der Waals surface area contributed by atoms with E-state index in [1.54, 1.807) is 4.68 Å². The fraction of sp³-hybridized carbons (Fsp3) is 0.348. The van der Waals surface area contributed by atoms with Gasteiger partial charge in [0.1, 0.15) is 6.33 Å². The summed E-state index contributed by atoms with van der Waals surface area (Å²) >= 11 is 0. The van der Waals surface area contributed by atoms with E-state index < -0.39 is 0 Å². The number of hydrogen-bond acceptors (Lipinski definition) is 9. The minimum atomic E-state index is -0.292. The molecular weight excluding hydrogens is 420 g/mol. The first kappa shape index (κ1) is 22.3. The third-order valence-corrected chi connectivity index (χ3v) is 5.06. The largest absolute Gasteiger partial charge is 0.338 e. The van der Waals surface area contributed by atoms with Gasteiger partial charge in [0.25, 0.3) is 0 Å². The third-order valence-electron chi connectivity index (χ3n) is 5.06. The fourth-order valence-electron chi connectivity index (χ4n) is 3.21. The molecule has 0 saturated carbocycles. The highest BCUT2D eigenvalue weighted by molar-refractivity contribution is 5.92. The lowest BCUT2D eigenvalue weighted by molar-refractivity contribution is 0.0970. The van der Waals surface area contributed by atoms with Crippen LogP contribution in [0.5, 0.6) is 0 Å². The van der Waals surface area contributed by atoms with E-state index >= 15 is 0 Å². The molecule has 0 aliphatic carbocycles. The predicted molar refractivity (Wildman–Crippen MR) is 122 cm³/mol. The zero-order chi connectivity index (χ0) is 23.6. The van der Waals surface area contributed by atoms with Gasteiger partial charge in [0, 0.05) is 36.7 Å². The zero-order valence-electron chi connectivity index (χ0n) is 19.3. The molecule has 0 amide bonds. The molecule has 0 unspecified atom stereocenters. The lowest BCUT2D eigenvalue weighted by atomic mass is 9.97. The maximum absolute atomic E-state index is 12.5. The second-order valence-corrected chi connectivity index (χ2v) is 8.87. The molecule has 1 aromatic carbocycles. The molecular formula is C23H26N8O2. The number of nitrogens with one attached hydrogen (secondary N) is 1. The molecule has 3 aromatic heterocycles. The molecule has 0 radical (unpaired) electrons. The van der Waals surface area contributed by atoms with E-state index in [-0.39, 0.29) is 17.0 Å². The Morgan fingerprint density at radius 3 is 2.64 bits per heavy atom. The molecule has 0 aliphatic heterocycles. The van der Waals surface area contributed by atoms with Crippen molar-refractivity contribution in [1.29, 1.82) is 0 Å². The first-order valence-corrected chi connectivity index (χ1v) is 10.6. The molecule has 0 aliphatic rings. The molecule has 0 saturated heterocycles. The van der Waals surface area contributed by atoms with Gasteiger partial charge in [-0.25, -0.2) is 9.97 Å². The van der Waals surface area contributed by atoms with Crippen LogP contribution in [0.4, 0.5) is 11.8 Å². The number of carbonyl (C=O) groups is 1. The van der Waals surface area contributed by atoms with Gasteiger partial charge < -0.3 is 9.84 Å². The van der Waals surface area contributed by atoms with Crippen LogP contribution < -0.4 is 5.32 Å². The Kier molecular flexibility index (Phi) is 5.99. The van der Waals surface area contributed by atoms with Crippen LogP contribution in [0.15, 0.2) is 41.3 Å². The van der Waals surface area contributed by atoms with Gasteiger partial charge in [0.15, 0.2) is 11.6 Å². The third kappa shape index (κ3) is 5.28. The minimum Gasteiger partial charge on any atom is -0.338 e. The van der Waals surface area contributed by atoms with Crippen molar-refractivity contribution in [2.24, 2.45) is 7.05 Å². The number of ketones is 1. The number of aryl methyl sites for hydroxylation is 3. The van der Waals surface area contributed by atoms with E-state index in [2.05, 4.69) is 35.5 Å². The molecule has 0 fully saturated rings. The van der Waals surface area contributed by atoms with Crippen LogP contribution in [0, 0.1) is 6.92 Å². The molecule has 33 heavy (non-hydrogen) atoms. The quantitative estimate of drug-likeness (QED) is 0.422. The summed E-state index contributed by atoms with van der Waals surface area (Å²) in [6, 6.07) is 7.77. The second-order valence-electron chi connectivity index (χ2n) is 8.87. The first-order chi connectivity index (χ1) is 15.7. The summed E-state index contributed by atoms with van der Waals surface area (Å²) in [5.74, 6) is 2.08. The van der Waals surface area contributed by atoms with Crippen LogP contribution >= 0.6 is 0 Å². The standard InChI is InChI=1S/C23H26N8O2/c1-14-12-16(19-24-13-25-22(28-19)26-18-10-11-31(5)29-18)7-6-15(14)8-9-17(32)20-27-21(33-30-20)23(2,3)4/h6-7,10-13H,8-9H2,1-5H3,(H,24,25,26,28,29). The summed E-state index contributed by atoms with van der Waals surface area (Å²) in [4.78, 5) is 29.7. The summed E-state index contributed by atoms with van der Waals surface area (Å²) < 4.78 is 6.92. The maximum atomic E-state index is 12.5. The molecule has 10 heteroatoms. The Morgan fingerprint density at radius 2 is 1.97 bits per heavy atom. The molecule has 0 bridgehead atoms. The van der Waals surface area contributed by atoms with E-state index in [0.29, 0.717) is 36.3 Å². The highest BCUT2D eigenvalue weighted by Gasteiger charge is 2.24. The number of carbonyl (C=O) groups excluding carboxylic acids is 1. The zero-order valence-corrected chi connectivity index (χ0v) is 19.3. The minimum absolute atomic E-state index is 0.132. The summed E-state index contributed by atoms with van der Waals surface area (Å²) in [6.45, 7) is 7.89. The van der Waals surface area contributed by atoms with E-state index in [9.17, 15) is 4.79 Å². The predicted octanol–water partition coefficient (Wildman–Crippen LogP) is 3.82. The van der Waals surface area contributed by atoms with Gasteiger partial charge in [0.05, 0.1) is 0 Å². The van der Waals surface area contributed by atoms with Crippen molar-refractivity contribution in [1.82, 2.24) is 34.9 Å². The number of anilines is 2. The fourth-order valence-corrected chi connectivity index (χ4v) is 3.21. The Hall–Kier alpha value is -3.95. The van der Waals surface area contributed by atoms with Crippen LogP contribution in [-0.4, -0.2) is 40.7 Å². The number of nitrogens with zero attached hydrogens (tertiary/aromatic N) is 7. The van der Waals surface area contributed by atoms with Crippen molar-refractivity contribution < 1.29 is 9.32 Å².